The van der Waals surface area contributed by atoms with Crippen LogP contribution in [-0.4, -0.2) is 5.11 Å². The topological polar surface area (TPSA) is 72.3 Å². The van der Waals surface area contributed by atoms with Crippen LogP contribution in [0.1, 0.15) is 24.0 Å². The predicted molar refractivity (Wildman–Crippen MR) is 101 cm³/mol. The van der Waals surface area contributed by atoms with Gasteiger partial charge in [0.25, 0.3) is 0 Å². The van der Waals surface area contributed by atoms with Gasteiger partial charge in [0.05, 0.1) is 11.4 Å². The van der Waals surface area contributed by atoms with Gasteiger partial charge < -0.3 is 16.6 Å². The van der Waals surface area contributed by atoms with E-state index in [1.807, 2.05) is 6.07 Å². The molecule has 5 N–H and O–H groups in total. The molecule has 3 aromatic rings. The summed E-state index contributed by atoms with van der Waals surface area (Å²) in [5, 5.41) is 9.68. The predicted octanol–water partition coefficient (Wildman–Crippen LogP) is 4.57. The summed E-state index contributed by atoms with van der Waals surface area (Å²) < 4.78 is 0. The molecule has 0 radical (unpaired) electrons. The van der Waals surface area contributed by atoms with Crippen molar-refractivity contribution in [3.63, 3.8) is 0 Å². The molecular formula is C21H22N2O. The van der Waals surface area contributed by atoms with E-state index in [0.29, 0.717) is 17.3 Å². The Balaban J connectivity index is 1.79. The number of aromatic hydroxyl groups is 1. The zero-order chi connectivity index (χ0) is 17.1. The maximum Gasteiger partial charge on any atom is 0.161 e. The van der Waals surface area contributed by atoms with Crippen LogP contribution >= 0.6 is 0 Å². The van der Waals surface area contributed by atoms with Crippen molar-refractivity contribution in [3.05, 3.63) is 77.9 Å². The lowest BCUT2D eigenvalue weighted by Crippen LogP contribution is -1.98. The van der Waals surface area contributed by atoms with Crippen LogP contribution in [0.3, 0.4) is 0 Å². The van der Waals surface area contributed by atoms with Gasteiger partial charge in [0, 0.05) is 0 Å². The van der Waals surface area contributed by atoms with Gasteiger partial charge in [-0.05, 0) is 46.7 Å². The minimum Gasteiger partial charge on any atom is -0.504 e. The van der Waals surface area contributed by atoms with Crippen LogP contribution < -0.4 is 11.5 Å². The maximum absolute atomic E-state index is 9.68. The van der Waals surface area contributed by atoms with E-state index in [4.69, 9.17) is 11.5 Å². The first-order valence-corrected chi connectivity index (χ1v) is 8.07. The van der Waals surface area contributed by atoms with E-state index in [1.165, 1.54) is 11.1 Å². The number of nitrogen functional groups attached to an aromatic ring is 2. The highest BCUT2D eigenvalue weighted by atomic mass is 16.3. The van der Waals surface area contributed by atoms with Gasteiger partial charge in [0.1, 0.15) is 0 Å². The molecule has 0 aliphatic heterocycles. The molecule has 3 rings (SSSR count). The molecule has 0 aromatic heterocycles. The van der Waals surface area contributed by atoms with E-state index < -0.39 is 0 Å². The molecule has 122 valence electrons. The van der Waals surface area contributed by atoms with Gasteiger partial charge in [-0.15, -0.1) is 0 Å². The van der Waals surface area contributed by atoms with Gasteiger partial charge in [0.2, 0.25) is 0 Å². The third kappa shape index (κ3) is 3.35. The number of anilines is 2. The number of benzene rings is 3. The number of rotatable bonds is 4. The molecule has 1 atom stereocenters. The van der Waals surface area contributed by atoms with Gasteiger partial charge in [0.15, 0.2) is 5.75 Å². The van der Waals surface area contributed by atoms with Gasteiger partial charge in [-0.1, -0.05) is 61.5 Å². The normalized spacial score (nSPS) is 12.0. The highest BCUT2D eigenvalue weighted by Crippen LogP contribution is 2.33. The summed E-state index contributed by atoms with van der Waals surface area (Å²) >= 11 is 0. The second-order valence-corrected chi connectivity index (χ2v) is 6.22. The fourth-order valence-electron chi connectivity index (χ4n) is 2.93. The van der Waals surface area contributed by atoms with Crippen LogP contribution in [0.2, 0.25) is 0 Å². The molecule has 0 aliphatic rings. The molecule has 3 heteroatoms. The van der Waals surface area contributed by atoms with E-state index in [-0.39, 0.29) is 5.75 Å². The van der Waals surface area contributed by atoms with E-state index in [9.17, 15) is 5.11 Å². The smallest absolute Gasteiger partial charge is 0.161 e. The molecule has 3 nitrogen and oxygen atoms in total. The van der Waals surface area contributed by atoms with E-state index >= 15 is 0 Å². The van der Waals surface area contributed by atoms with Gasteiger partial charge in [-0.2, -0.15) is 0 Å². The van der Waals surface area contributed by atoms with E-state index in [0.717, 1.165) is 17.5 Å². The van der Waals surface area contributed by atoms with Crippen LogP contribution in [-0.2, 0) is 6.42 Å². The molecule has 24 heavy (non-hydrogen) atoms. The average molecular weight is 318 g/mol. The maximum atomic E-state index is 9.68. The molecule has 0 aliphatic carbocycles. The molecule has 0 heterocycles. The Morgan fingerprint density at radius 3 is 2.00 bits per heavy atom. The summed E-state index contributed by atoms with van der Waals surface area (Å²) in [5.41, 5.74) is 16.7. The molecule has 0 amide bonds. The molecule has 3 aromatic carbocycles. The minimum atomic E-state index is -0.0490. The first-order chi connectivity index (χ1) is 11.5. The van der Waals surface area contributed by atoms with Crippen molar-refractivity contribution >= 4 is 11.4 Å². The monoisotopic (exact) mass is 318 g/mol. The summed E-state index contributed by atoms with van der Waals surface area (Å²) in [6.07, 6.45) is 0.990. The fourth-order valence-corrected chi connectivity index (χ4v) is 2.93. The number of hydrogen-bond acceptors (Lipinski definition) is 3. The van der Waals surface area contributed by atoms with Gasteiger partial charge in [-0.25, -0.2) is 0 Å². The number of nitrogens with two attached hydrogens (primary N) is 2. The average Bonchev–Trinajstić information content (AvgIpc) is 2.60. The largest absolute Gasteiger partial charge is 0.504 e. The second-order valence-electron chi connectivity index (χ2n) is 6.22. The lowest BCUT2D eigenvalue weighted by Gasteiger charge is -2.13. The standard InChI is InChI=1S/C21H22N2O/c1-14(16-5-3-2-4-6-16)11-15-7-9-17(10-8-15)18-12-19(22)21(24)20(23)13-18/h2-10,12-14,24H,11,22-23H2,1H3/t14-/m1/s1. The zero-order valence-electron chi connectivity index (χ0n) is 13.7. The fraction of sp³-hybridized carbons (Fsp3) is 0.143. The zero-order valence-corrected chi connectivity index (χ0v) is 13.7. The molecule has 0 saturated carbocycles. The highest BCUT2D eigenvalue weighted by Gasteiger charge is 2.09. The van der Waals surface area contributed by atoms with Crippen molar-refractivity contribution in [2.45, 2.75) is 19.3 Å². The lowest BCUT2D eigenvalue weighted by molar-refractivity contribution is 0.480. The molecule has 0 saturated heterocycles. The van der Waals surface area contributed by atoms with Crippen LogP contribution in [0.4, 0.5) is 11.4 Å². The Morgan fingerprint density at radius 2 is 1.42 bits per heavy atom. The first-order valence-electron chi connectivity index (χ1n) is 8.07. The third-order valence-corrected chi connectivity index (χ3v) is 4.37. The summed E-state index contributed by atoms with van der Waals surface area (Å²) in [6.45, 7) is 2.24. The molecule has 0 unspecified atom stereocenters. The Kier molecular flexibility index (Phi) is 4.43. The first kappa shape index (κ1) is 15.9. The van der Waals surface area contributed by atoms with E-state index in [2.05, 4.69) is 55.5 Å². The van der Waals surface area contributed by atoms with Crippen molar-refractivity contribution in [1.29, 1.82) is 0 Å². The Hall–Kier alpha value is -2.94. The van der Waals surface area contributed by atoms with Gasteiger partial charge in [-0.3, -0.25) is 0 Å². The summed E-state index contributed by atoms with van der Waals surface area (Å²) in [4.78, 5) is 0. The third-order valence-electron chi connectivity index (χ3n) is 4.37. The molecule has 0 fully saturated rings. The Morgan fingerprint density at radius 1 is 0.833 bits per heavy atom. The quantitative estimate of drug-likeness (QED) is 0.487. The van der Waals surface area contributed by atoms with Crippen molar-refractivity contribution in [2.24, 2.45) is 0 Å². The van der Waals surface area contributed by atoms with Crippen molar-refractivity contribution in [3.8, 4) is 16.9 Å². The van der Waals surface area contributed by atoms with Crippen LogP contribution in [0.25, 0.3) is 11.1 Å². The number of phenols is 1. The van der Waals surface area contributed by atoms with E-state index in [1.54, 1.807) is 12.1 Å². The summed E-state index contributed by atoms with van der Waals surface area (Å²) in [5.74, 6) is 0.420. The van der Waals surface area contributed by atoms with Crippen LogP contribution in [0.5, 0.6) is 5.75 Å². The van der Waals surface area contributed by atoms with Gasteiger partial charge >= 0.3 is 0 Å². The van der Waals surface area contributed by atoms with Crippen molar-refractivity contribution < 1.29 is 5.11 Å². The molecule has 0 spiro atoms. The van der Waals surface area contributed by atoms with Crippen molar-refractivity contribution in [2.75, 3.05) is 11.5 Å². The number of hydrogen-bond donors (Lipinski definition) is 3. The lowest BCUT2D eigenvalue weighted by atomic mass is 9.93. The Bertz CT molecular complexity index is 803. The molecular weight excluding hydrogens is 296 g/mol. The summed E-state index contributed by atoms with van der Waals surface area (Å²) in [7, 11) is 0. The highest BCUT2D eigenvalue weighted by molar-refractivity contribution is 5.78. The summed E-state index contributed by atoms with van der Waals surface area (Å²) in [6, 6.07) is 22.4. The van der Waals surface area contributed by atoms with Crippen LogP contribution in [0, 0.1) is 0 Å². The van der Waals surface area contributed by atoms with Crippen LogP contribution in [0.15, 0.2) is 66.7 Å². The molecule has 0 bridgehead atoms. The second kappa shape index (κ2) is 6.67. The SMILES string of the molecule is C[C@H](Cc1ccc(-c2cc(N)c(O)c(N)c2)cc1)c1ccccc1. The Labute approximate surface area is 142 Å². The van der Waals surface area contributed by atoms with Crippen molar-refractivity contribution in [1.82, 2.24) is 0 Å². The number of phenolic OH excluding ortho intramolecular Hbond substituents is 1. The minimum absolute atomic E-state index is 0.0490.